The highest BCUT2D eigenvalue weighted by atomic mass is 32.2. The molecule has 1 amide bonds. The lowest BCUT2D eigenvalue weighted by molar-refractivity contribution is -0.121. The lowest BCUT2D eigenvalue weighted by Crippen LogP contribution is -2.41. The molecule has 0 unspecified atom stereocenters. The molecule has 3 heterocycles. The summed E-state index contributed by atoms with van der Waals surface area (Å²) in [6, 6.07) is 9.21. The lowest BCUT2D eigenvalue weighted by Gasteiger charge is -2.29. The highest BCUT2D eigenvalue weighted by molar-refractivity contribution is 7.89. The summed E-state index contributed by atoms with van der Waals surface area (Å²) >= 11 is 1.72. The van der Waals surface area contributed by atoms with Crippen molar-refractivity contribution in [3.8, 4) is 0 Å². The number of carbonyl (C=O) groups is 1. The molecule has 168 valence electrons. The van der Waals surface area contributed by atoms with Gasteiger partial charge in [-0.25, -0.2) is 8.42 Å². The minimum absolute atomic E-state index is 0.123. The van der Waals surface area contributed by atoms with Crippen LogP contribution in [0.3, 0.4) is 0 Å². The van der Waals surface area contributed by atoms with Gasteiger partial charge >= 0.3 is 0 Å². The van der Waals surface area contributed by atoms with Crippen LogP contribution in [0.4, 0.5) is 5.69 Å². The van der Waals surface area contributed by atoms with E-state index in [0.717, 1.165) is 19.4 Å². The van der Waals surface area contributed by atoms with Gasteiger partial charge in [-0.05, 0) is 62.4 Å². The van der Waals surface area contributed by atoms with Gasteiger partial charge in [0.15, 0.2) is 0 Å². The minimum atomic E-state index is -3.63. The van der Waals surface area contributed by atoms with Crippen molar-refractivity contribution in [2.45, 2.75) is 43.7 Å². The Morgan fingerprint density at radius 3 is 2.71 bits per heavy atom. The molecule has 0 saturated carbocycles. The fraction of sp³-hybridized carbons (Fsp3) is 0.500. The van der Waals surface area contributed by atoms with Gasteiger partial charge in [-0.1, -0.05) is 12.1 Å². The van der Waals surface area contributed by atoms with Crippen molar-refractivity contribution in [1.29, 1.82) is 0 Å². The number of ether oxygens (including phenoxy) is 1. The number of benzene rings is 1. The van der Waals surface area contributed by atoms with E-state index in [1.807, 2.05) is 13.0 Å². The third-order valence-corrected chi connectivity index (χ3v) is 9.10. The summed E-state index contributed by atoms with van der Waals surface area (Å²) in [6.07, 6.45) is 2.11. The molecule has 7 nitrogen and oxygen atoms in total. The minimum Gasteiger partial charge on any atom is -0.379 e. The molecule has 2 aromatic rings. The van der Waals surface area contributed by atoms with E-state index in [9.17, 15) is 13.2 Å². The number of thiophene rings is 1. The van der Waals surface area contributed by atoms with Crippen molar-refractivity contribution in [2.75, 3.05) is 38.2 Å². The largest absolute Gasteiger partial charge is 0.379 e. The molecule has 0 spiro atoms. The fourth-order valence-corrected chi connectivity index (χ4v) is 6.86. The first-order valence-electron chi connectivity index (χ1n) is 10.7. The molecule has 2 fully saturated rings. The van der Waals surface area contributed by atoms with E-state index >= 15 is 0 Å². The molecule has 0 bridgehead atoms. The average molecular weight is 464 g/mol. The number of hydrogen-bond donors (Lipinski definition) is 1. The number of amides is 1. The fourth-order valence-electron chi connectivity index (χ4n) is 4.32. The molecule has 2 atom stereocenters. The smallest absolute Gasteiger partial charge is 0.243 e. The maximum absolute atomic E-state index is 13.1. The van der Waals surface area contributed by atoms with Gasteiger partial charge in [0.05, 0.1) is 24.2 Å². The van der Waals surface area contributed by atoms with Gasteiger partial charge < -0.3 is 10.1 Å². The van der Waals surface area contributed by atoms with Crippen molar-refractivity contribution >= 4 is 33.0 Å². The monoisotopic (exact) mass is 463 g/mol. The molecule has 0 aliphatic carbocycles. The van der Waals surface area contributed by atoms with Crippen molar-refractivity contribution in [3.05, 3.63) is 46.2 Å². The van der Waals surface area contributed by atoms with Crippen LogP contribution in [0.15, 0.2) is 40.6 Å². The van der Waals surface area contributed by atoms with Gasteiger partial charge in [0.25, 0.3) is 0 Å². The van der Waals surface area contributed by atoms with Crippen LogP contribution in [0.5, 0.6) is 0 Å². The van der Waals surface area contributed by atoms with E-state index < -0.39 is 10.0 Å². The van der Waals surface area contributed by atoms with Crippen LogP contribution in [0.25, 0.3) is 0 Å². The predicted molar refractivity (Wildman–Crippen MR) is 122 cm³/mol. The van der Waals surface area contributed by atoms with Crippen LogP contribution < -0.4 is 5.32 Å². The zero-order valence-electron chi connectivity index (χ0n) is 17.9. The standard InChI is InChI=1S/C22H29N3O4S2/c1-16-7-8-18(15-21(16)31(27,28)24-10-12-29-13-11-24)23-22(26)17(2)25-9-3-5-19(25)20-6-4-14-30-20/h4,6-8,14-15,17,19H,3,5,9-13H2,1-2H3,(H,23,26)/t17-,19-/m1/s1. The first kappa shape index (κ1) is 22.4. The van der Waals surface area contributed by atoms with Crippen LogP contribution in [0, 0.1) is 6.92 Å². The molecule has 2 aliphatic heterocycles. The SMILES string of the molecule is Cc1ccc(NC(=O)[C@@H](C)N2CCC[C@@H]2c2cccs2)cc1S(=O)(=O)N1CCOCC1. The molecule has 0 radical (unpaired) electrons. The molecule has 2 saturated heterocycles. The van der Waals surface area contributed by atoms with Crippen molar-refractivity contribution < 1.29 is 17.9 Å². The van der Waals surface area contributed by atoms with Crippen LogP contribution >= 0.6 is 11.3 Å². The second kappa shape index (κ2) is 9.38. The zero-order chi connectivity index (χ0) is 22.0. The van der Waals surface area contributed by atoms with Crippen molar-refractivity contribution in [3.63, 3.8) is 0 Å². The number of carbonyl (C=O) groups excluding carboxylic acids is 1. The Kier molecular flexibility index (Phi) is 6.78. The van der Waals surface area contributed by atoms with Crippen molar-refractivity contribution in [1.82, 2.24) is 9.21 Å². The van der Waals surface area contributed by atoms with Gasteiger partial charge in [-0.15, -0.1) is 11.3 Å². The van der Waals surface area contributed by atoms with E-state index in [2.05, 4.69) is 21.7 Å². The molecular formula is C22H29N3O4S2. The Hall–Kier alpha value is -1.78. The van der Waals surface area contributed by atoms with Gasteiger partial charge in [-0.3, -0.25) is 9.69 Å². The second-order valence-corrected chi connectivity index (χ2v) is 11.0. The van der Waals surface area contributed by atoms with Crippen molar-refractivity contribution in [2.24, 2.45) is 0 Å². The number of likely N-dealkylation sites (tertiary alicyclic amines) is 1. The normalized spacial score (nSPS) is 21.8. The summed E-state index contributed by atoms with van der Waals surface area (Å²) in [5, 5.41) is 5.01. The average Bonchev–Trinajstić information content (AvgIpc) is 3.46. The molecular weight excluding hydrogens is 434 g/mol. The van der Waals surface area contributed by atoms with Crippen LogP contribution in [0.1, 0.15) is 36.2 Å². The summed E-state index contributed by atoms with van der Waals surface area (Å²) in [4.78, 5) is 16.8. The first-order chi connectivity index (χ1) is 14.9. The van der Waals surface area contributed by atoms with E-state index in [1.54, 1.807) is 36.5 Å². The summed E-state index contributed by atoms with van der Waals surface area (Å²) in [6.45, 7) is 6.05. The van der Waals surface area contributed by atoms with E-state index in [4.69, 9.17) is 4.74 Å². The number of aryl methyl sites for hydroxylation is 1. The summed E-state index contributed by atoms with van der Waals surface area (Å²) in [7, 11) is -3.63. The van der Waals surface area contributed by atoms with Gasteiger partial charge in [0, 0.05) is 29.7 Å². The van der Waals surface area contributed by atoms with E-state index in [-0.39, 0.29) is 22.9 Å². The molecule has 2 aliphatic rings. The van der Waals surface area contributed by atoms with Crippen LogP contribution in [0.2, 0.25) is 0 Å². The Morgan fingerprint density at radius 2 is 2.00 bits per heavy atom. The maximum atomic E-state index is 13.1. The quantitative estimate of drug-likeness (QED) is 0.712. The Balaban J connectivity index is 1.50. The highest BCUT2D eigenvalue weighted by Gasteiger charge is 2.34. The molecule has 1 aromatic carbocycles. The molecule has 31 heavy (non-hydrogen) atoms. The molecule has 9 heteroatoms. The van der Waals surface area contributed by atoms with Gasteiger partial charge in [0.2, 0.25) is 15.9 Å². The predicted octanol–water partition coefficient (Wildman–Crippen LogP) is 3.24. The number of morpholine rings is 1. The lowest BCUT2D eigenvalue weighted by atomic mass is 10.1. The number of sulfonamides is 1. The van der Waals surface area contributed by atoms with Gasteiger partial charge in [-0.2, -0.15) is 4.31 Å². The molecule has 4 rings (SSSR count). The number of anilines is 1. The topological polar surface area (TPSA) is 79.0 Å². The maximum Gasteiger partial charge on any atom is 0.243 e. The number of rotatable bonds is 6. The Labute approximate surface area is 188 Å². The van der Waals surface area contributed by atoms with Crippen LogP contribution in [-0.4, -0.2) is 62.4 Å². The third-order valence-electron chi connectivity index (χ3n) is 6.09. The number of nitrogens with one attached hydrogen (secondary N) is 1. The number of nitrogens with zero attached hydrogens (tertiary/aromatic N) is 2. The van der Waals surface area contributed by atoms with E-state index in [1.165, 1.54) is 9.18 Å². The molecule has 1 aromatic heterocycles. The molecule has 1 N–H and O–H groups in total. The van der Waals surface area contributed by atoms with E-state index in [0.29, 0.717) is 37.6 Å². The van der Waals surface area contributed by atoms with Gasteiger partial charge in [0.1, 0.15) is 0 Å². The zero-order valence-corrected chi connectivity index (χ0v) is 19.5. The Morgan fingerprint density at radius 1 is 1.23 bits per heavy atom. The second-order valence-electron chi connectivity index (χ2n) is 8.07. The highest BCUT2D eigenvalue weighted by Crippen LogP contribution is 2.36. The summed E-state index contributed by atoms with van der Waals surface area (Å²) < 4.78 is 33.0. The van der Waals surface area contributed by atoms with Crippen LogP contribution in [-0.2, 0) is 19.6 Å². The Bertz CT molecular complexity index is 1020. The first-order valence-corrected chi connectivity index (χ1v) is 13.0. The summed E-state index contributed by atoms with van der Waals surface area (Å²) in [5.41, 5.74) is 1.16. The summed E-state index contributed by atoms with van der Waals surface area (Å²) in [5.74, 6) is -0.123. The number of hydrogen-bond acceptors (Lipinski definition) is 6. The third kappa shape index (κ3) is 4.70.